The molecule has 0 aromatic heterocycles. The topological polar surface area (TPSA) is 95.6 Å². The summed E-state index contributed by atoms with van der Waals surface area (Å²) in [4.78, 5) is 26.6. The number of sulfonamides is 1. The average molecular weight is 496 g/mol. The molecule has 1 heterocycles. The van der Waals surface area contributed by atoms with Crippen molar-refractivity contribution in [3.8, 4) is 0 Å². The summed E-state index contributed by atoms with van der Waals surface area (Å²) in [6.07, 6.45) is 2.45. The second-order valence-electron chi connectivity index (χ2n) is 8.37. The van der Waals surface area contributed by atoms with Gasteiger partial charge in [0.15, 0.2) is 0 Å². The van der Waals surface area contributed by atoms with Crippen LogP contribution in [0.25, 0.3) is 0 Å². The van der Waals surface area contributed by atoms with Crippen LogP contribution in [0.5, 0.6) is 0 Å². The van der Waals surface area contributed by atoms with E-state index in [0.29, 0.717) is 17.8 Å². The van der Waals surface area contributed by atoms with E-state index in [0.717, 1.165) is 24.0 Å². The maximum Gasteiger partial charge on any atom is 0.258 e. The first kappa shape index (κ1) is 22.6. The third-order valence-electron chi connectivity index (χ3n) is 6.15. The van der Waals surface area contributed by atoms with Crippen LogP contribution in [0.15, 0.2) is 71.6 Å². The summed E-state index contributed by atoms with van der Waals surface area (Å²) >= 11 is 6.29. The van der Waals surface area contributed by atoms with Crippen molar-refractivity contribution in [3.05, 3.63) is 88.4 Å². The minimum atomic E-state index is -4.02. The number of hydrogen-bond donors (Lipinski definition) is 2. The molecule has 1 aliphatic heterocycles. The number of fused-ring (bicyclic) bond motifs is 2. The lowest BCUT2D eigenvalue weighted by molar-refractivity contribution is -0.115. The number of carbonyl (C=O) groups is 2. The zero-order chi connectivity index (χ0) is 23.9. The summed E-state index contributed by atoms with van der Waals surface area (Å²) in [6.45, 7) is -0.169. The molecule has 2 amide bonds. The number of hydrogen-bond acceptors (Lipinski definition) is 4. The summed E-state index contributed by atoms with van der Waals surface area (Å²) in [5.74, 6) is -0.815. The van der Waals surface area contributed by atoms with Gasteiger partial charge in [-0.3, -0.25) is 14.5 Å². The van der Waals surface area contributed by atoms with Gasteiger partial charge in [0.25, 0.3) is 5.91 Å². The van der Waals surface area contributed by atoms with Gasteiger partial charge in [-0.15, -0.1) is 0 Å². The van der Waals surface area contributed by atoms with Gasteiger partial charge in [-0.1, -0.05) is 48.0 Å². The Morgan fingerprint density at radius 3 is 2.68 bits per heavy atom. The maximum absolute atomic E-state index is 13.3. The Morgan fingerprint density at radius 2 is 1.82 bits per heavy atom. The van der Waals surface area contributed by atoms with Crippen LogP contribution in [0.3, 0.4) is 0 Å². The van der Waals surface area contributed by atoms with Crippen LogP contribution >= 0.6 is 11.6 Å². The van der Waals surface area contributed by atoms with Crippen molar-refractivity contribution in [1.82, 2.24) is 4.72 Å². The molecule has 1 atom stereocenters. The summed E-state index contributed by atoms with van der Waals surface area (Å²) in [5.41, 5.74) is 3.27. The van der Waals surface area contributed by atoms with Crippen molar-refractivity contribution in [1.29, 1.82) is 0 Å². The molecule has 9 heteroatoms. The van der Waals surface area contributed by atoms with Crippen molar-refractivity contribution in [2.75, 3.05) is 16.8 Å². The largest absolute Gasteiger partial charge is 0.323 e. The summed E-state index contributed by atoms with van der Waals surface area (Å²) in [6, 6.07) is 18.5. The highest BCUT2D eigenvalue weighted by Gasteiger charge is 2.30. The number of para-hydroxylation sites is 2. The second-order valence-corrected chi connectivity index (χ2v) is 10.5. The molecule has 1 unspecified atom stereocenters. The van der Waals surface area contributed by atoms with Gasteiger partial charge in [0, 0.05) is 11.6 Å². The Labute approximate surface area is 202 Å². The van der Waals surface area contributed by atoms with E-state index in [-0.39, 0.29) is 34.0 Å². The molecule has 0 fully saturated rings. The van der Waals surface area contributed by atoms with Crippen molar-refractivity contribution in [2.24, 2.45) is 0 Å². The van der Waals surface area contributed by atoms with E-state index in [9.17, 15) is 18.0 Å². The molecular formula is C25H22ClN3O4S. The van der Waals surface area contributed by atoms with Gasteiger partial charge < -0.3 is 5.32 Å². The number of nitrogens with zero attached hydrogens (tertiary/aromatic N) is 1. The van der Waals surface area contributed by atoms with Crippen LogP contribution in [0.2, 0.25) is 5.02 Å². The SMILES string of the molecule is O=C1CN(C(=O)c2ccc(Cl)c(S(=O)(=O)NC3CCCc4ccccc43)c2)c2ccccc2N1. The number of amides is 2. The predicted molar refractivity (Wildman–Crippen MR) is 131 cm³/mol. The minimum absolute atomic E-state index is 0.0185. The molecule has 0 saturated heterocycles. The number of halogens is 1. The first-order chi connectivity index (χ1) is 16.3. The minimum Gasteiger partial charge on any atom is -0.323 e. The van der Waals surface area contributed by atoms with Gasteiger partial charge in [0.2, 0.25) is 15.9 Å². The fraction of sp³-hybridized carbons (Fsp3) is 0.200. The molecule has 7 nitrogen and oxygen atoms in total. The van der Waals surface area contributed by atoms with Crippen molar-refractivity contribution in [3.63, 3.8) is 0 Å². The Bertz CT molecular complexity index is 1410. The monoisotopic (exact) mass is 495 g/mol. The number of nitrogens with one attached hydrogen (secondary N) is 2. The lowest BCUT2D eigenvalue weighted by atomic mass is 9.88. The Balaban J connectivity index is 1.47. The van der Waals surface area contributed by atoms with Crippen LogP contribution in [0.4, 0.5) is 11.4 Å². The molecule has 0 spiro atoms. The number of anilines is 2. The van der Waals surface area contributed by atoms with E-state index in [4.69, 9.17) is 11.6 Å². The van der Waals surface area contributed by atoms with E-state index in [1.54, 1.807) is 24.3 Å². The highest BCUT2D eigenvalue weighted by atomic mass is 35.5. The third-order valence-corrected chi connectivity index (χ3v) is 8.10. The van der Waals surface area contributed by atoms with Gasteiger partial charge in [0.1, 0.15) is 11.4 Å². The van der Waals surface area contributed by atoms with Crippen LogP contribution in [0.1, 0.15) is 40.4 Å². The number of aryl methyl sites for hydroxylation is 1. The molecule has 3 aromatic rings. The van der Waals surface area contributed by atoms with Crippen LogP contribution in [-0.2, 0) is 21.2 Å². The molecule has 0 bridgehead atoms. The molecule has 2 aliphatic rings. The molecule has 174 valence electrons. The fourth-order valence-electron chi connectivity index (χ4n) is 4.54. The highest BCUT2D eigenvalue weighted by Crippen LogP contribution is 2.33. The van der Waals surface area contributed by atoms with E-state index in [1.807, 2.05) is 24.3 Å². The van der Waals surface area contributed by atoms with E-state index in [2.05, 4.69) is 10.0 Å². The fourth-order valence-corrected chi connectivity index (χ4v) is 6.32. The first-order valence-electron chi connectivity index (χ1n) is 10.9. The zero-order valence-electron chi connectivity index (χ0n) is 18.1. The maximum atomic E-state index is 13.3. The molecule has 34 heavy (non-hydrogen) atoms. The van der Waals surface area contributed by atoms with E-state index >= 15 is 0 Å². The summed E-state index contributed by atoms with van der Waals surface area (Å²) in [7, 11) is -4.02. The lowest BCUT2D eigenvalue weighted by Gasteiger charge is -2.29. The van der Waals surface area contributed by atoms with Crippen molar-refractivity contribution < 1.29 is 18.0 Å². The average Bonchev–Trinajstić information content (AvgIpc) is 2.83. The Kier molecular flexibility index (Phi) is 5.89. The smallest absolute Gasteiger partial charge is 0.258 e. The summed E-state index contributed by atoms with van der Waals surface area (Å²) in [5, 5.41) is 2.75. The normalized spacial score (nSPS) is 17.5. The molecule has 2 N–H and O–H groups in total. The van der Waals surface area contributed by atoms with Gasteiger partial charge in [-0.2, -0.15) is 0 Å². The second kappa shape index (κ2) is 8.87. The van der Waals surface area contributed by atoms with Gasteiger partial charge in [-0.25, -0.2) is 13.1 Å². The number of benzene rings is 3. The molecule has 1 aliphatic carbocycles. The Hall–Kier alpha value is -3.20. The standard InChI is InChI=1S/C25H22ClN3O4S/c26-19-13-12-17(25(31)29-15-24(30)27-21-9-3-4-11-22(21)29)14-23(19)34(32,33)28-20-10-5-7-16-6-1-2-8-18(16)20/h1-4,6,8-9,11-14,20,28H,5,7,10,15H2,(H,27,30). The third kappa shape index (κ3) is 4.20. The van der Waals surface area contributed by atoms with Crippen molar-refractivity contribution >= 4 is 44.8 Å². The first-order valence-corrected chi connectivity index (χ1v) is 12.8. The number of carbonyl (C=O) groups excluding carboxylic acids is 2. The molecule has 3 aromatic carbocycles. The van der Waals surface area contributed by atoms with Crippen molar-refractivity contribution in [2.45, 2.75) is 30.2 Å². The number of rotatable bonds is 4. The Morgan fingerprint density at radius 1 is 1.06 bits per heavy atom. The van der Waals surface area contributed by atoms with Crippen LogP contribution in [-0.4, -0.2) is 26.8 Å². The highest BCUT2D eigenvalue weighted by molar-refractivity contribution is 7.89. The molecular weight excluding hydrogens is 474 g/mol. The quantitative estimate of drug-likeness (QED) is 0.564. The molecule has 0 saturated carbocycles. The predicted octanol–water partition coefficient (Wildman–Crippen LogP) is 4.29. The van der Waals surface area contributed by atoms with Crippen LogP contribution < -0.4 is 14.9 Å². The molecule has 0 radical (unpaired) electrons. The lowest BCUT2D eigenvalue weighted by Crippen LogP contribution is -2.42. The van der Waals surface area contributed by atoms with Gasteiger partial charge in [0.05, 0.1) is 16.4 Å². The van der Waals surface area contributed by atoms with E-state index in [1.165, 1.54) is 23.1 Å². The van der Waals surface area contributed by atoms with Gasteiger partial charge >= 0.3 is 0 Å². The summed E-state index contributed by atoms with van der Waals surface area (Å²) < 4.78 is 29.5. The van der Waals surface area contributed by atoms with Crippen LogP contribution in [0, 0.1) is 0 Å². The zero-order valence-corrected chi connectivity index (χ0v) is 19.7. The van der Waals surface area contributed by atoms with Gasteiger partial charge in [-0.05, 0) is 60.7 Å². The molecule has 5 rings (SSSR count). The van der Waals surface area contributed by atoms with E-state index < -0.39 is 15.9 Å².